The molecule has 0 radical (unpaired) electrons. The minimum absolute atomic E-state index is 1.03. The molecule has 0 N–H and O–H groups in total. The van der Waals surface area contributed by atoms with Crippen molar-refractivity contribution >= 4 is 39.2 Å². The Morgan fingerprint density at radius 1 is 1.26 bits per heavy atom. The molecule has 2 aromatic heterocycles. The van der Waals surface area contributed by atoms with Gasteiger partial charge >= 0.3 is 0 Å². The van der Waals surface area contributed by atoms with Gasteiger partial charge in [-0.15, -0.1) is 11.8 Å². The highest BCUT2D eigenvalue weighted by Crippen LogP contribution is 2.15. The number of hydrogen-bond donors (Lipinski definition) is 0. The lowest BCUT2D eigenvalue weighted by molar-refractivity contribution is 1.12. The van der Waals surface area contributed by atoms with Crippen molar-refractivity contribution in [3.63, 3.8) is 0 Å². The zero-order chi connectivity index (χ0) is 13.4. The van der Waals surface area contributed by atoms with Crippen molar-refractivity contribution in [3.05, 3.63) is 47.2 Å². The number of imidazole rings is 1. The summed E-state index contributed by atoms with van der Waals surface area (Å²) in [6.07, 6.45) is 8.23. The topological polar surface area (TPSA) is 17.3 Å². The fourth-order valence-corrected chi connectivity index (χ4v) is 3.00. The van der Waals surface area contributed by atoms with Gasteiger partial charge < -0.3 is 0 Å². The molecule has 0 bridgehead atoms. The largest absolute Gasteiger partial charge is 0.298 e. The van der Waals surface area contributed by atoms with E-state index in [-0.39, 0.29) is 0 Å². The number of hydrogen-bond acceptors (Lipinski definition) is 2. The van der Waals surface area contributed by atoms with Crippen LogP contribution >= 0.6 is 11.8 Å². The molecule has 0 saturated carbocycles. The van der Waals surface area contributed by atoms with E-state index in [1.165, 1.54) is 26.2 Å². The number of aromatic nitrogens is 2. The van der Waals surface area contributed by atoms with Crippen molar-refractivity contribution in [2.45, 2.75) is 13.8 Å². The van der Waals surface area contributed by atoms with E-state index in [4.69, 9.17) is 0 Å². The van der Waals surface area contributed by atoms with Gasteiger partial charge in [-0.1, -0.05) is 30.3 Å². The van der Waals surface area contributed by atoms with E-state index in [2.05, 4.69) is 59.8 Å². The van der Waals surface area contributed by atoms with Crippen LogP contribution in [0.3, 0.4) is 0 Å². The summed E-state index contributed by atoms with van der Waals surface area (Å²) in [6, 6.07) is 8.48. The summed E-state index contributed by atoms with van der Waals surface area (Å²) in [6.45, 7) is 4.27. The molecule has 0 aliphatic heterocycles. The third kappa shape index (κ3) is 1.77. The zero-order valence-electron chi connectivity index (χ0n) is 11.3. The molecule has 96 valence electrons. The lowest BCUT2D eigenvalue weighted by Gasteiger charge is -2.07. The van der Waals surface area contributed by atoms with E-state index in [1.54, 1.807) is 11.8 Å². The van der Waals surface area contributed by atoms with Gasteiger partial charge in [0.1, 0.15) is 5.65 Å². The second-order valence-corrected chi connectivity index (χ2v) is 5.50. The van der Waals surface area contributed by atoms with Gasteiger partial charge in [0.2, 0.25) is 0 Å². The molecule has 3 aromatic rings. The summed E-state index contributed by atoms with van der Waals surface area (Å²) in [4.78, 5) is 5.83. The van der Waals surface area contributed by atoms with Crippen molar-refractivity contribution in [3.8, 4) is 0 Å². The molecule has 0 amide bonds. The third-order valence-corrected chi connectivity index (χ3v) is 4.33. The first-order valence-electron chi connectivity index (χ1n) is 6.33. The highest BCUT2D eigenvalue weighted by molar-refractivity contribution is 8.07. The lowest BCUT2D eigenvalue weighted by Crippen LogP contribution is -2.33. The van der Waals surface area contributed by atoms with Crippen LogP contribution in [0, 0.1) is 0 Å². The first-order valence-corrected chi connectivity index (χ1v) is 7.55. The Hall–Kier alpha value is -1.74. The Balaban J connectivity index is 2.79. The van der Waals surface area contributed by atoms with E-state index in [1.807, 2.05) is 12.4 Å². The monoisotopic (exact) mass is 268 g/mol. The fraction of sp³-hybridized carbons (Fsp3) is 0.188. The van der Waals surface area contributed by atoms with E-state index in [0.29, 0.717) is 0 Å². The highest BCUT2D eigenvalue weighted by Gasteiger charge is 2.07. The van der Waals surface area contributed by atoms with Gasteiger partial charge in [0.15, 0.2) is 0 Å². The summed E-state index contributed by atoms with van der Waals surface area (Å²) in [5.74, 6) is 0. The van der Waals surface area contributed by atoms with Gasteiger partial charge in [-0.05, 0) is 25.5 Å². The second-order valence-electron chi connectivity index (χ2n) is 4.48. The minimum atomic E-state index is 1.03. The smallest absolute Gasteiger partial charge is 0.145 e. The van der Waals surface area contributed by atoms with Gasteiger partial charge in [-0.2, -0.15) is 0 Å². The molecule has 2 nitrogen and oxygen atoms in total. The van der Waals surface area contributed by atoms with E-state index < -0.39 is 0 Å². The van der Waals surface area contributed by atoms with Crippen LogP contribution in [0.2, 0.25) is 0 Å². The van der Waals surface area contributed by atoms with Crippen molar-refractivity contribution in [2.75, 3.05) is 6.26 Å². The van der Waals surface area contributed by atoms with Crippen molar-refractivity contribution in [1.29, 1.82) is 0 Å². The molecule has 0 unspecified atom stereocenters. The standard InChI is InChI=1S/C16H16N2S/c1-4-12-13-7-5-6-8-14(13)16-17-9-10-18(16)15(12)11(2)19-3/h4-10H,1-3H3/b12-4-,15-11-. The average Bonchev–Trinajstić information content (AvgIpc) is 2.94. The molecular formula is C16H16N2S. The molecule has 0 fully saturated rings. The maximum Gasteiger partial charge on any atom is 0.145 e. The summed E-state index contributed by atoms with van der Waals surface area (Å²) < 4.78 is 2.20. The van der Waals surface area contributed by atoms with E-state index in [9.17, 15) is 0 Å². The number of fused-ring (bicyclic) bond motifs is 3. The maximum absolute atomic E-state index is 4.53. The maximum atomic E-state index is 4.53. The van der Waals surface area contributed by atoms with E-state index in [0.717, 1.165) is 5.65 Å². The van der Waals surface area contributed by atoms with Crippen molar-refractivity contribution in [1.82, 2.24) is 9.38 Å². The van der Waals surface area contributed by atoms with Crippen LogP contribution in [0.1, 0.15) is 13.8 Å². The molecule has 0 aliphatic carbocycles. The van der Waals surface area contributed by atoms with Gasteiger partial charge in [0, 0.05) is 27.9 Å². The second kappa shape index (κ2) is 4.74. The van der Waals surface area contributed by atoms with Crippen LogP contribution in [0.25, 0.3) is 27.4 Å². The Bertz CT molecular complexity index is 875. The zero-order valence-corrected chi connectivity index (χ0v) is 12.2. The Kier molecular flexibility index (Phi) is 3.07. The molecule has 0 spiro atoms. The number of pyridine rings is 1. The molecule has 2 heterocycles. The first kappa shape index (κ1) is 12.3. The molecule has 3 heteroatoms. The van der Waals surface area contributed by atoms with Crippen molar-refractivity contribution in [2.24, 2.45) is 0 Å². The molecule has 1 aromatic carbocycles. The summed E-state index contributed by atoms with van der Waals surface area (Å²) >= 11 is 1.78. The Morgan fingerprint density at radius 3 is 2.68 bits per heavy atom. The Morgan fingerprint density at radius 2 is 2.00 bits per heavy atom. The van der Waals surface area contributed by atoms with Crippen LogP contribution in [-0.2, 0) is 0 Å². The van der Waals surface area contributed by atoms with Gasteiger partial charge in [0.25, 0.3) is 0 Å². The number of benzene rings is 1. The van der Waals surface area contributed by atoms with E-state index >= 15 is 0 Å². The van der Waals surface area contributed by atoms with Crippen molar-refractivity contribution < 1.29 is 0 Å². The predicted molar refractivity (Wildman–Crippen MR) is 84.7 cm³/mol. The molecule has 3 rings (SSSR count). The number of thioether (sulfide) groups is 1. The summed E-state index contributed by atoms with van der Waals surface area (Å²) in [7, 11) is 0. The van der Waals surface area contributed by atoms with Gasteiger partial charge in [0.05, 0.1) is 5.35 Å². The fourth-order valence-electron chi connectivity index (χ4n) is 2.60. The predicted octanol–water partition coefficient (Wildman–Crippen LogP) is 2.78. The first-order chi connectivity index (χ1) is 9.27. The Labute approximate surface area is 116 Å². The highest BCUT2D eigenvalue weighted by atomic mass is 32.2. The lowest BCUT2D eigenvalue weighted by atomic mass is 10.1. The quantitative estimate of drug-likeness (QED) is 0.675. The molecule has 0 aliphatic rings. The van der Waals surface area contributed by atoms with Crippen LogP contribution in [0.15, 0.2) is 36.7 Å². The molecule has 0 saturated heterocycles. The van der Waals surface area contributed by atoms with Crippen LogP contribution in [0.4, 0.5) is 0 Å². The number of nitrogens with zero attached hydrogens (tertiary/aromatic N) is 2. The molecule has 19 heavy (non-hydrogen) atoms. The average molecular weight is 268 g/mol. The summed E-state index contributed by atoms with van der Waals surface area (Å²) in [5, 5.41) is 5.01. The molecule has 0 atom stereocenters. The minimum Gasteiger partial charge on any atom is -0.298 e. The molecular weight excluding hydrogens is 252 g/mol. The van der Waals surface area contributed by atoms with Gasteiger partial charge in [-0.25, -0.2) is 4.98 Å². The van der Waals surface area contributed by atoms with Crippen LogP contribution in [-0.4, -0.2) is 15.6 Å². The third-order valence-electron chi connectivity index (χ3n) is 3.52. The number of rotatable bonds is 1. The van der Waals surface area contributed by atoms with Crippen LogP contribution in [0.5, 0.6) is 0 Å². The van der Waals surface area contributed by atoms with Gasteiger partial charge in [-0.3, -0.25) is 4.40 Å². The summed E-state index contributed by atoms with van der Waals surface area (Å²) in [5.41, 5.74) is 1.03. The normalized spacial score (nSPS) is 14.4. The SMILES string of the molecule is C/C=c1\c(=C(/C)SC)n2ccnc2c2ccccc12. The van der Waals surface area contributed by atoms with Crippen LogP contribution < -0.4 is 10.6 Å².